The number of rotatable bonds is 3. The van der Waals surface area contributed by atoms with Crippen LogP contribution in [0.15, 0.2) is 67.0 Å². The molecule has 0 aliphatic heterocycles. The number of pyridine rings is 1. The lowest BCUT2D eigenvalue weighted by molar-refractivity contribution is 0.251. The summed E-state index contributed by atoms with van der Waals surface area (Å²) in [7, 11) is 0. The average Bonchev–Trinajstić information content (AvgIpc) is 2.98. The maximum absolute atomic E-state index is 12.1. The molecule has 1 heterocycles. The molecule has 0 bridgehead atoms. The molecule has 2 aromatic carbocycles. The maximum atomic E-state index is 12.1. The topological polar surface area (TPSA) is 54.0 Å². The Kier molecular flexibility index (Phi) is 3.71. The molecule has 0 atom stereocenters. The summed E-state index contributed by atoms with van der Waals surface area (Å²) in [6.07, 6.45) is 4.37. The number of nitrogens with one attached hydrogen (secondary N) is 2. The van der Waals surface area contributed by atoms with Gasteiger partial charge in [0.1, 0.15) is 0 Å². The largest absolute Gasteiger partial charge is 0.334 e. The molecular weight excluding hydrogens is 298 g/mol. The monoisotopic (exact) mass is 315 g/mol. The van der Waals surface area contributed by atoms with Crippen molar-refractivity contribution < 1.29 is 4.79 Å². The van der Waals surface area contributed by atoms with E-state index in [1.165, 1.54) is 22.3 Å². The van der Waals surface area contributed by atoms with E-state index >= 15 is 0 Å². The minimum atomic E-state index is -0.214. The summed E-state index contributed by atoms with van der Waals surface area (Å²) < 4.78 is 0. The average molecular weight is 315 g/mol. The molecule has 3 aromatic rings. The summed E-state index contributed by atoms with van der Waals surface area (Å²) in [5, 5.41) is 5.74. The molecule has 24 heavy (non-hydrogen) atoms. The van der Waals surface area contributed by atoms with Crippen LogP contribution in [-0.4, -0.2) is 11.0 Å². The van der Waals surface area contributed by atoms with Gasteiger partial charge in [-0.1, -0.05) is 36.4 Å². The Morgan fingerprint density at radius 3 is 2.75 bits per heavy atom. The number of hydrogen-bond donors (Lipinski definition) is 2. The first-order valence-corrected chi connectivity index (χ1v) is 7.94. The molecule has 1 aliphatic carbocycles. The van der Waals surface area contributed by atoms with E-state index in [2.05, 4.69) is 52.0 Å². The molecule has 2 amide bonds. The van der Waals surface area contributed by atoms with Crippen molar-refractivity contribution in [2.45, 2.75) is 13.0 Å². The lowest BCUT2D eigenvalue weighted by Crippen LogP contribution is -2.28. The second-order valence-electron chi connectivity index (χ2n) is 5.87. The van der Waals surface area contributed by atoms with Crippen LogP contribution in [0.1, 0.15) is 16.7 Å². The Morgan fingerprint density at radius 1 is 1.00 bits per heavy atom. The summed E-state index contributed by atoms with van der Waals surface area (Å²) in [4.78, 5) is 16.1. The van der Waals surface area contributed by atoms with Crippen LogP contribution in [0, 0.1) is 0 Å². The van der Waals surface area contributed by atoms with Crippen LogP contribution >= 0.6 is 0 Å². The second-order valence-corrected chi connectivity index (χ2v) is 5.87. The molecule has 0 fully saturated rings. The quantitative estimate of drug-likeness (QED) is 0.601. The second kappa shape index (κ2) is 6.16. The number of fused-ring (bicyclic) bond motifs is 3. The first-order chi connectivity index (χ1) is 11.8. The van der Waals surface area contributed by atoms with Gasteiger partial charge < -0.3 is 10.6 Å². The summed E-state index contributed by atoms with van der Waals surface area (Å²) >= 11 is 0. The first kappa shape index (κ1) is 14.5. The predicted octanol–water partition coefficient (Wildman–Crippen LogP) is 3.97. The van der Waals surface area contributed by atoms with Crippen LogP contribution < -0.4 is 10.6 Å². The fourth-order valence-corrected chi connectivity index (χ4v) is 3.08. The number of amides is 2. The first-order valence-electron chi connectivity index (χ1n) is 7.94. The van der Waals surface area contributed by atoms with E-state index in [-0.39, 0.29) is 6.03 Å². The molecule has 4 heteroatoms. The molecule has 4 nitrogen and oxygen atoms in total. The Labute approximate surface area is 140 Å². The van der Waals surface area contributed by atoms with Gasteiger partial charge in [0.15, 0.2) is 0 Å². The number of carbonyl (C=O) groups excluding carboxylic acids is 1. The highest BCUT2D eigenvalue weighted by Gasteiger charge is 2.18. The van der Waals surface area contributed by atoms with Crippen molar-refractivity contribution in [1.29, 1.82) is 0 Å². The lowest BCUT2D eigenvalue weighted by atomic mass is 10.1. The van der Waals surface area contributed by atoms with Crippen molar-refractivity contribution in [3.63, 3.8) is 0 Å². The van der Waals surface area contributed by atoms with Crippen LogP contribution in [0.3, 0.4) is 0 Å². The number of anilines is 1. The minimum Gasteiger partial charge on any atom is -0.334 e. The highest BCUT2D eigenvalue weighted by molar-refractivity contribution is 5.90. The summed E-state index contributed by atoms with van der Waals surface area (Å²) in [6.45, 7) is 0.454. The summed E-state index contributed by atoms with van der Waals surface area (Å²) in [5.74, 6) is 0. The van der Waals surface area contributed by atoms with E-state index in [1.54, 1.807) is 12.4 Å². The highest BCUT2D eigenvalue weighted by atomic mass is 16.2. The number of urea groups is 1. The van der Waals surface area contributed by atoms with Crippen LogP contribution in [0.2, 0.25) is 0 Å². The van der Waals surface area contributed by atoms with Gasteiger partial charge in [-0.2, -0.15) is 0 Å². The van der Waals surface area contributed by atoms with Gasteiger partial charge in [0.05, 0.1) is 0 Å². The zero-order chi connectivity index (χ0) is 16.4. The summed E-state index contributed by atoms with van der Waals surface area (Å²) in [5.41, 5.74) is 6.92. The van der Waals surface area contributed by atoms with Gasteiger partial charge >= 0.3 is 6.03 Å². The van der Waals surface area contributed by atoms with Crippen LogP contribution in [0.25, 0.3) is 11.1 Å². The van der Waals surface area contributed by atoms with Crippen LogP contribution in [0.5, 0.6) is 0 Å². The normalized spacial score (nSPS) is 11.5. The van der Waals surface area contributed by atoms with Crippen molar-refractivity contribution in [2.24, 2.45) is 0 Å². The van der Waals surface area contributed by atoms with Crippen molar-refractivity contribution in [2.75, 3.05) is 5.32 Å². The van der Waals surface area contributed by atoms with Gasteiger partial charge in [-0.15, -0.1) is 0 Å². The molecule has 0 spiro atoms. The third-order valence-corrected chi connectivity index (χ3v) is 4.23. The van der Waals surface area contributed by atoms with E-state index in [9.17, 15) is 4.79 Å². The summed E-state index contributed by atoms with van der Waals surface area (Å²) in [6, 6.07) is 18.1. The highest BCUT2D eigenvalue weighted by Crippen LogP contribution is 2.37. The van der Waals surface area contributed by atoms with E-state index in [4.69, 9.17) is 0 Å². The molecule has 0 saturated heterocycles. The molecule has 1 aromatic heterocycles. The van der Waals surface area contributed by atoms with Crippen molar-refractivity contribution in [3.05, 3.63) is 83.7 Å². The van der Waals surface area contributed by atoms with Gasteiger partial charge in [0, 0.05) is 24.6 Å². The number of hydrogen-bond acceptors (Lipinski definition) is 2. The molecule has 0 radical (unpaired) electrons. The van der Waals surface area contributed by atoms with Crippen LogP contribution in [0.4, 0.5) is 10.5 Å². The maximum Gasteiger partial charge on any atom is 0.319 e. The molecule has 0 unspecified atom stereocenters. The molecule has 118 valence electrons. The molecule has 0 saturated carbocycles. The number of nitrogens with zero attached hydrogens (tertiary/aromatic N) is 1. The number of aromatic nitrogens is 1. The molecule has 2 N–H and O–H groups in total. The van der Waals surface area contributed by atoms with E-state index < -0.39 is 0 Å². The molecular formula is C20H17N3O. The van der Waals surface area contributed by atoms with E-state index in [0.29, 0.717) is 6.54 Å². The smallest absolute Gasteiger partial charge is 0.319 e. The van der Waals surface area contributed by atoms with Gasteiger partial charge in [-0.05, 0) is 52.4 Å². The van der Waals surface area contributed by atoms with Crippen molar-refractivity contribution in [3.8, 4) is 11.1 Å². The van der Waals surface area contributed by atoms with Crippen molar-refractivity contribution >= 4 is 11.7 Å². The van der Waals surface area contributed by atoms with E-state index in [0.717, 1.165) is 17.7 Å². The minimum absolute atomic E-state index is 0.214. The fraction of sp³-hybridized carbons (Fsp3) is 0.100. The molecule has 4 rings (SSSR count). The fourth-order valence-electron chi connectivity index (χ4n) is 3.08. The number of benzene rings is 2. The SMILES string of the molecule is O=C(NCc1cccnc1)Nc1ccc2c(c1)Cc1ccccc1-2. The van der Waals surface area contributed by atoms with Gasteiger partial charge in [0.2, 0.25) is 0 Å². The van der Waals surface area contributed by atoms with Gasteiger partial charge in [-0.25, -0.2) is 4.79 Å². The van der Waals surface area contributed by atoms with E-state index in [1.807, 2.05) is 18.2 Å². The third kappa shape index (κ3) is 2.86. The zero-order valence-electron chi connectivity index (χ0n) is 13.1. The Bertz CT molecular complexity index is 890. The third-order valence-electron chi connectivity index (χ3n) is 4.23. The molecule has 1 aliphatic rings. The zero-order valence-corrected chi connectivity index (χ0v) is 13.1. The Morgan fingerprint density at radius 2 is 1.88 bits per heavy atom. The van der Waals surface area contributed by atoms with Gasteiger partial charge in [0.25, 0.3) is 0 Å². The standard InChI is InChI=1S/C20H17N3O/c24-20(22-13-14-4-3-9-21-12-14)23-17-7-8-19-16(11-17)10-15-5-1-2-6-18(15)19/h1-9,11-12H,10,13H2,(H2,22,23,24). The lowest BCUT2D eigenvalue weighted by Gasteiger charge is -2.09. The Hall–Kier alpha value is -3.14. The van der Waals surface area contributed by atoms with Crippen molar-refractivity contribution in [1.82, 2.24) is 10.3 Å². The predicted molar refractivity (Wildman–Crippen MR) is 94.8 cm³/mol. The number of carbonyl (C=O) groups is 1. The van der Waals surface area contributed by atoms with Gasteiger partial charge in [-0.3, -0.25) is 4.98 Å². The Balaban J connectivity index is 1.43. The van der Waals surface area contributed by atoms with Crippen LogP contribution in [-0.2, 0) is 13.0 Å².